The smallest absolute Gasteiger partial charge is 0.401 e. The van der Waals surface area contributed by atoms with Crippen LogP contribution in [0.15, 0.2) is 0 Å². The summed E-state index contributed by atoms with van der Waals surface area (Å²) in [6.07, 6.45) is -3.95. The van der Waals surface area contributed by atoms with E-state index in [1.54, 1.807) is 27.8 Å². The lowest BCUT2D eigenvalue weighted by molar-refractivity contribution is -0.151. The van der Waals surface area contributed by atoms with Crippen molar-refractivity contribution in [1.82, 2.24) is 10.2 Å². The molecular weight excluding hydrogens is 261 g/mol. The minimum atomic E-state index is -4.23. The van der Waals surface area contributed by atoms with Crippen LogP contribution in [-0.2, 0) is 9.53 Å². The third-order valence-electron chi connectivity index (χ3n) is 2.74. The molecule has 0 fully saturated rings. The first-order valence-electron chi connectivity index (χ1n) is 6.36. The molecule has 0 aromatic rings. The van der Waals surface area contributed by atoms with E-state index in [0.29, 0.717) is 0 Å². The molecule has 1 unspecified atom stereocenters. The van der Waals surface area contributed by atoms with Crippen LogP contribution in [0.25, 0.3) is 0 Å². The van der Waals surface area contributed by atoms with E-state index in [1.807, 2.05) is 0 Å². The second-order valence-corrected chi connectivity index (χ2v) is 4.56. The standard InChI is InChI=1S/C12H23F3N2O2/c1-5-19-11(18)10(16-4)6-7-17(9(2)3)8-12(13,14)15/h9-10,16H,5-8H2,1-4H3. The van der Waals surface area contributed by atoms with Gasteiger partial charge in [-0.25, -0.2) is 0 Å². The number of alkyl halides is 3. The van der Waals surface area contributed by atoms with Crippen molar-refractivity contribution >= 4 is 5.97 Å². The molecule has 0 saturated carbocycles. The van der Waals surface area contributed by atoms with Crippen molar-refractivity contribution in [1.29, 1.82) is 0 Å². The number of rotatable bonds is 8. The molecule has 0 saturated heterocycles. The van der Waals surface area contributed by atoms with Crippen molar-refractivity contribution in [3.63, 3.8) is 0 Å². The Bertz CT molecular complexity index is 270. The molecule has 0 spiro atoms. The van der Waals surface area contributed by atoms with Crippen molar-refractivity contribution in [2.24, 2.45) is 0 Å². The molecule has 7 heteroatoms. The van der Waals surface area contributed by atoms with E-state index >= 15 is 0 Å². The molecule has 0 heterocycles. The number of likely N-dealkylation sites (N-methyl/N-ethyl adjacent to an activating group) is 1. The van der Waals surface area contributed by atoms with Crippen molar-refractivity contribution in [2.45, 2.75) is 45.5 Å². The molecule has 0 aliphatic carbocycles. The van der Waals surface area contributed by atoms with E-state index < -0.39 is 24.7 Å². The second-order valence-electron chi connectivity index (χ2n) is 4.56. The highest BCUT2D eigenvalue weighted by Crippen LogP contribution is 2.18. The van der Waals surface area contributed by atoms with Crippen molar-refractivity contribution in [3.8, 4) is 0 Å². The van der Waals surface area contributed by atoms with Gasteiger partial charge in [0, 0.05) is 12.6 Å². The SMILES string of the molecule is CCOC(=O)C(CCN(CC(F)(F)F)C(C)C)NC. The van der Waals surface area contributed by atoms with Crippen molar-refractivity contribution < 1.29 is 22.7 Å². The maximum absolute atomic E-state index is 12.4. The first-order valence-corrected chi connectivity index (χ1v) is 6.36. The summed E-state index contributed by atoms with van der Waals surface area (Å²) in [5.74, 6) is -0.430. The molecule has 0 aliphatic heterocycles. The van der Waals surface area contributed by atoms with Crippen LogP contribution in [0.4, 0.5) is 13.2 Å². The first kappa shape index (κ1) is 18.2. The van der Waals surface area contributed by atoms with Gasteiger partial charge in [-0.1, -0.05) is 0 Å². The Balaban J connectivity index is 4.40. The largest absolute Gasteiger partial charge is 0.465 e. The zero-order chi connectivity index (χ0) is 15.1. The quantitative estimate of drug-likeness (QED) is 0.690. The molecule has 0 bridgehead atoms. The lowest BCUT2D eigenvalue weighted by Gasteiger charge is -2.28. The van der Waals surface area contributed by atoms with Gasteiger partial charge < -0.3 is 10.1 Å². The molecule has 0 aliphatic rings. The molecule has 0 aromatic carbocycles. The lowest BCUT2D eigenvalue weighted by atomic mass is 10.2. The van der Waals surface area contributed by atoms with Gasteiger partial charge in [0.1, 0.15) is 6.04 Å². The van der Waals surface area contributed by atoms with E-state index in [9.17, 15) is 18.0 Å². The fraction of sp³-hybridized carbons (Fsp3) is 0.917. The van der Waals surface area contributed by atoms with Gasteiger partial charge >= 0.3 is 12.1 Å². The Hall–Kier alpha value is -0.820. The highest BCUT2D eigenvalue weighted by atomic mass is 19.4. The van der Waals surface area contributed by atoms with Crippen LogP contribution in [-0.4, -0.2) is 55.9 Å². The number of halogens is 3. The molecule has 0 amide bonds. The van der Waals surface area contributed by atoms with E-state index in [1.165, 1.54) is 4.90 Å². The molecule has 1 atom stereocenters. The van der Waals surface area contributed by atoms with Gasteiger partial charge in [-0.2, -0.15) is 13.2 Å². The predicted molar refractivity (Wildman–Crippen MR) is 66.9 cm³/mol. The van der Waals surface area contributed by atoms with Crippen LogP contribution < -0.4 is 5.32 Å². The summed E-state index contributed by atoms with van der Waals surface area (Å²) < 4.78 is 42.1. The molecule has 114 valence electrons. The third kappa shape index (κ3) is 8.05. The second kappa shape index (κ2) is 8.37. The zero-order valence-corrected chi connectivity index (χ0v) is 11.9. The van der Waals surface area contributed by atoms with Gasteiger partial charge in [0.25, 0.3) is 0 Å². The van der Waals surface area contributed by atoms with E-state index in [4.69, 9.17) is 4.74 Å². The van der Waals surface area contributed by atoms with Crippen molar-refractivity contribution in [2.75, 3.05) is 26.7 Å². The highest BCUT2D eigenvalue weighted by molar-refractivity contribution is 5.75. The number of hydrogen-bond acceptors (Lipinski definition) is 4. The third-order valence-corrected chi connectivity index (χ3v) is 2.74. The van der Waals surface area contributed by atoms with Crippen LogP contribution >= 0.6 is 0 Å². The fourth-order valence-corrected chi connectivity index (χ4v) is 1.67. The summed E-state index contributed by atoms with van der Waals surface area (Å²) in [5.41, 5.74) is 0. The van der Waals surface area contributed by atoms with Crippen molar-refractivity contribution in [3.05, 3.63) is 0 Å². The number of carbonyl (C=O) groups is 1. The average Bonchev–Trinajstić information content (AvgIpc) is 2.26. The van der Waals surface area contributed by atoms with Crippen LogP contribution in [0.3, 0.4) is 0 Å². The number of ether oxygens (including phenoxy) is 1. The molecule has 1 N–H and O–H groups in total. The maximum atomic E-state index is 12.4. The number of hydrogen-bond donors (Lipinski definition) is 1. The Morgan fingerprint density at radius 3 is 2.32 bits per heavy atom. The minimum absolute atomic E-state index is 0.182. The van der Waals surface area contributed by atoms with Gasteiger partial charge in [-0.15, -0.1) is 0 Å². The zero-order valence-electron chi connectivity index (χ0n) is 11.9. The monoisotopic (exact) mass is 284 g/mol. The molecule has 19 heavy (non-hydrogen) atoms. The Labute approximate surface area is 112 Å². The summed E-state index contributed by atoms with van der Waals surface area (Å²) in [5, 5.41) is 2.76. The Morgan fingerprint density at radius 1 is 1.37 bits per heavy atom. The topological polar surface area (TPSA) is 41.6 Å². The number of nitrogens with zero attached hydrogens (tertiary/aromatic N) is 1. The van der Waals surface area contributed by atoms with Gasteiger partial charge in [0.05, 0.1) is 13.2 Å². The summed E-state index contributed by atoms with van der Waals surface area (Å²) >= 11 is 0. The highest BCUT2D eigenvalue weighted by Gasteiger charge is 2.32. The molecule has 4 nitrogen and oxygen atoms in total. The first-order chi connectivity index (χ1) is 8.71. The Kier molecular flexibility index (Phi) is 8.01. The Morgan fingerprint density at radius 2 is 1.95 bits per heavy atom. The van der Waals surface area contributed by atoms with Crippen LogP contribution in [0.5, 0.6) is 0 Å². The fourth-order valence-electron chi connectivity index (χ4n) is 1.67. The van der Waals surface area contributed by atoms with Gasteiger partial charge in [0.2, 0.25) is 0 Å². The summed E-state index contributed by atoms with van der Waals surface area (Å²) in [6.45, 7) is 4.56. The van der Waals surface area contributed by atoms with Crippen LogP contribution in [0, 0.1) is 0 Å². The van der Waals surface area contributed by atoms with Crippen LogP contribution in [0.1, 0.15) is 27.2 Å². The van der Waals surface area contributed by atoms with Gasteiger partial charge in [-0.05, 0) is 34.2 Å². The van der Waals surface area contributed by atoms with E-state index in [0.717, 1.165) is 0 Å². The molecular formula is C12H23F3N2O2. The molecule has 0 radical (unpaired) electrons. The summed E-state index contributed by atoms with van der Waals surface area (Å²) in [6, 6.07) is -0.809. The average molecular weight is 284 g/mol. The predicted octanol–water partition coefficient (Wildman–Crippen LogP) is 1.80. The number of carbonyl (C=O) groups excluding carboxylic acids is 1. The number of nitrogens with one attached hydrogen (secondary N) is 1. The molecule has 0 aromatic heterocycles. The van der Waals surface area contributed by atoms with E-state index in [2.05, 4.69) is 5.32 Å². The minimum Gasteiger partial charge on any atom is -0.465 e. The van der Waals surface area contributed by atoms with Gasteiger partial charge in [0.15, 0.2) is 0 Å². The normalized spacial score (nSPS) is 13.9. The summed E-state index contributed by atoms with van der Waals surface area (Å²) in [7, 11) is 1.59. The molecule has 0 rings (SSSR count). The maximum Gasteiger partial charge on any atom is 0.401 e. The van der Waals surface area contributed by atoms with E-state index in [-0.39, 0.29) is 25.6 Å². The van der Waals surface area contributed by atoms with Gasteiger partial charge in [-0.3, -0.25) is 9.69 Å². The lowest BCUT2D eigenvalue weighted by Crippen LogP contribution is -2.44. The summed E-state index contributed by atoms with van der Waals surface area (Å²) in [4.78, 5) is 12.8. The van der Waals surface area contributed by atoms with Crippen LogP contribution in [0.2, 0.25) is 0 Å². The number of esters is 1.